The lowest BCUT2D eigenvalue weighted by atomic mass is 10.1. The predicted octanol–water partition coefficient (Wildman–Crippen LogP) is 2.53. The fourth-order valence-electron chi connectivity index (χ4n) is 2.08. The first-order valence-electron chi connectivity index (χ1n) is 6.88. The lowest BCUT2D eigenvalue weighted by molar-refractivity contribution is 0.174. The van der Waals surface area contributed by atoms with Crippen LogP contribution in [0.5, 0.6) is 11.5 Å². The molecule has 0 amide bonds. The summed E-state index contributed by atoms with van der Waals surface area (Å²) in [6, 6.07) is 15.3. The van der Waals surface area contributed by atoms with Crippen molar-refractivity contribution in [3.05, 3.63) is 59.7 Å². The third-order valence-corrected chi connectivity index (χ3v) is 3.30. The molecule has 2 aromatic carbocycles. The molecule has 0 saturated heterocycles. The highest BCUT2D eigenvalue weighted by Gasteiger charge is 2.07. The van der Waals surface area contributed by atoms with Crippen molar-refractivity contribution in [2.45, 2.75) is 12.6 Å². The third kappa shape index (κ3) is 4.48. The number of benzene rings is 2. The molecule has 4 heteroatoms. The minimum absolute atomic E-state index is 0.490. The molecular weight excluding hydrogens is 266 g/mol. The Kier molecular flexibility index (Phi) is 5.60. The fourth-order valence-corrected chi connectivity index (χ4v) is 2.08. The van der Waals surface area contributed by atoms with E-state index in [2.05, 4.69) is 5.32 Å². The second-order valence-corrected chi connectivity index (χ2v) is 4.77. The van der Waals surface area contributed by atoms with Gasteiger partial charge in [-0.3, -0.25) is 0 Å². The molecule has 0 fully saturated rings. The number of aliphatic hydroxyl groups is 1. The number of hydrogen-bond donors (Lipinski definition) is 2. The molecule has 21 heavy (non-hydrogen) atoms. The van der Waals surface area contributed by atoms with Gasteiger partial charge in [-0.15, -0.1) is 0 Å². The summed E-state index contributed by atoms with van der Waals surface area (Å²) in [5, 5.41) is 13.4. The average Bonchev–Trinajstić information content (AvgIpc) is 2.55. The highest BCUT2D eigenvalue weighted by Crippen LogP contribution is 2.17. The minimum atomic E-state index is -0.540. The molecule has 0 saturated carbocycles. The van der Waals surface area contributed by atoms with Crippen LogP contribution >= 0.6 is 0 Å². The SMILES string of the molecule is COc1ccc(C(O)CNCc2cccc(OC)c2)cc1. The van der Waals surface area contributed by atoms with Crippen LogP contribution in [0.15, 0.2) is 48.5 Å². The van der Waals surface area contributed by atoms with Crippen LogP contribution < -0.4 is 14.8 Å². The van der Waals surface area contributed by atoms with Crippen LogP contribution in [0.2, 0.25) is 0 Å². The second-order valence-electron chi connectivity index (χ2n) is 4.77. The minimum Gasteiger partial charge on any atom is -0.497 e. The van der Waals surface area contributed by atoms with Crippen molar-refractivity contribution < 1.29 is 14.6 Å². The first kappa shape index (κ1) is 15.4. The summed E-state index contributed by atoms with van der Waals surface area (Å²) in [6.07, 6.45) is -0.540. The quantitative estimate of drug-likeness (QED) is 0.821. The Hall–Kier alpha value is -2.04. The van der Waals surface area contributed by atoms with Gasteiger partial charge in [-0.05, 0) is 35.4 Å². The van der Waals surface area contributed by atoms with Crippen molar-refractivity contribution in [2.75, 3.05) is 20.8 Å². The lowest BCUT2D eigenvalue weighted by Gasteiger charge is -2.13. The van der Waals surface area contributed by atoms with Crippen LogP contribution in [-0.4, -0.2) is 25.9 Å². The summed E-state index contributed by atoms with van der Waals surface area (Å²) in [6.45, 7) is 1.17. The summed E-state index contributed by atoms with van der Waals surface area (Å²) in [7, 11) is 3.28. The number of aliphatic hydroxyl groups excluding tert-OH is 1. The predicted molar refractivity (Wildman–Crippen MR) is 82.7 cm³/mol. The van der Waals surface area contributed by atoms with E-state index in [1.807, 2.05) is 48.5 Å². The van der Waals surface area contributed by atoms with Gasteiger partial charge in [0.05, 0.1) is 20.3 Å². The molecule has 2 aromatic rings. The molecular formula is C17H21NO3. The van der Waals surface area contributed by atoms with Crippen LogP contribution in [0.1, 0.15) is 17.2 Å². The molecule has 2 rings (SSSR count). The van der Waals surface area contributed by atoms with Crippen LogP contribution in [0.3, 0.4) is 0 Å². The Bertz CT molecular complexity index is 554. The molecule has 0 radical (unpaired) electrons. The zero-order valence-electron chi connectivity index (χ0n) is 12.4. The average molecular weight is 287 g/mol. The highest BCUT2D eigenvalue weighted by molar-refractivity contribution is 5.29. The Labute approximate surface area is 125 Å². The van der Waals surface area contributed by atoms with Gasteiger partial charge in [0.1, 0.15) is 11.5 Å². The van der Waals surface area contributed by atoms with Gasteiger partial charge in [-0.1, -0.05) is 24.3 Å². The fraction of sp³-hybridized carbons (Fsp3) is 0.294. The molecule has 0 heterocycles. The maximum Gasteiger partial charge on any atom is 0.119 e. The van der Waals surface area contributed by atoms with Gasteiger partial charge in [-0.25, -0.2) is 0 Å². The van der Waals surface area contributed by atoms with Crippen LogP contribution in [0, 0.1) is 0 Å². The van der Waals surface area contributed by atoms with Crippen LogP contribution in [-0.2, 0) is 6.54 Å². The van der Waals surface area contributed by atoms with E-state index < -0.39 is 6.10 Å². The summed E-state index contributed by atoms with van der Waals surface area (Å²) in [5.74, 6) is 1.63. The highest BCUT2D eigenvalue weighted by atomic mass is 16.5. The van der Waals surface area contributed by atoms with E-state index in [0.717, 1.165) is 22.6 Å². The van der Waals surface area contributed by atoms with E-state index in [1.54, 1.807) is 14.2 Å². The van der Waals surface area contributed by atoms with Gasteiger partial charge >= 0.3 is 0 Å². The Balaban J connectivity index is 1.84. The number of nitrogens with one attached hydrogen (secondary N) is 1. The Morgan fingerprint density at radius 2 is 1.71 bits per heavy atom. The van der Waals surface area contributed by atoms with Gasteiger partial charge in [-0.2, -0.15) is 0 Å². The summed E-state index contributed by atoms with van der Waals surface area (Å²) < 4.78 is 10.3. The van der Waals surface area contributed by atoms with Gasteiger partial charge in [0.2, 0.25) is 0 Å². The first-order valence-corrected chi connectivity index (χ1v) is 6.88. The van der Waals surface area contributed by atoms with E-state index in [-0.39, 0.29) is 0 Å². The number of hydrogen-bond acceptors (Lipinski definition) is 4. The molecule has 4 nitrogen and oxygen atoms in total. The molecule has 0 aliphatic heterocycles. The van der Waals surface area contributed by atoms with Crippen molar-refractivity contribution in [1.29, 1.82) is 0 Å². The molecule has 2 N–H and O–H groups in total. The van der Waals surface area contributed by atoms with Crippen molar-refractivity contribution in [3.63, 3.8) is 0 Å². The summed E-state index contributed by atoms with van der Waals surface area (Å²) >= 11 is 0. The van der Waals surface area contributed by atoms with Crippen molar-refractivity contribution in [1.82, 2.24) is 5.32 Å². The van der Waals surface area contributed by atoms with Crippen LogP contribution in [0.4, 0.5) is 0 Å². The van der Waals surface area contributed by atoms with Gasteiger partial charge < -0.3 is 19.9 Å². The first-order chi connectivity index (χ1) is 10.2. The maximum absolute atomic E-state index is 10.1. The molecule has 1 unspecified atom stereocenters. The van der Waals surface area contributed by atoms with Gasteiger partial charge in [0.15, 0.2) is 0 Å². The van der Waals surface area contributed by atoms with Crippen molar-refractivity contribution >= 4 is 0 Å². The Morgan fingerprint density at radius 3 is 2.38 bits per heavy atom. The molecule has 0 spiro atoms. The molecule has 112 valence electrons. The zero-order chi connectivity index (χ0) is 15.1. The van der Waals surface area contributed by atoms with Crippen LogP contribution in [0.25, 0.3) is 0 Å². The molecule has 0 aliphatic carbocycles. The van der Waals surface area contributed by atoms with E-state index in [4.69, 9.17) is 9.47 Å². The normalized spacial score (nSPS) is 12.0. The van der Waals surface area contributed by atoms with Gasteiger partial charge in [0.25, 0.3) is 0 Å². The zero-order valence-corrected chi connectivity index (χ0v) is 12.4. The summed E-state index contributed by atoms with van der Waals surface area (Å²) in [5.41, 5.74) is 1.99. The van der Waals surface area contributed by atoms with E-state index in [0.29, 0.717) is 13.1 Å². The standard InChI is InChI=1S/C17H21NO3/c1-20-15-8-6-14(7-9-15)17(19)12-18-11-13-4-3-5-16(10-13)21-2/h3-10,17-19H,11-12H2,1-2H3. The van der Waals surface area contributed by atoms with E-state index in [9.17, 15) is 5.11 Å². The maximum atomic E-state index is 10.1. The van der Waals surface area contributed by atoms with Gasteiger partial charge in [0, 0.05) is 13.1 Å². The second kappa shape index (κ2) is 7.67. The number of methoxy groups -OCH3 is 2. The summed E-state index contributed by atoms with van der Waals surface area (Å²) in [4.78, 5) is 0. The lowest BCUT2D eigenvalue weighted by Crippen LogP contribution is -2.21. The Morgan fingerprint density at radius 1 is 1.00 bits per heavy atom. The molecule has 0 aromatic heterocycles. The van der Waals surface area contributed by atoms with E-state index in [1.165, 1.54) is 0 Å². The molecule has 0 aliphatic rings. The van der Waals surface area contributed by atoms with Crippen molar-refractivity contribution in [2.24, 2.45) is 0 Å². The van der Waals surface area contributed by atoms with Crippen molar-refractivity contribution in [3.8, 4) is 11.5 Å². The monoisotopic (exact) mass is 287 g/mol. The smallest absolute Gasteiger partial charge is 0.119 e. The number of rotatable bonds is 7. The topological polar surface area (TPSA) is 50.7 Å². The number of ether oxygens (including phenoxy) is 2. The van der Waals surface area contributed by atoms with E-state index >= 15 is 0 Å². The molecule has 0 bridgehead atoms. The molecule has 1 atom stereocenters. The third-order valence-electron chi connectivity index (χ3n) is 3.30. The largest absolute Gasteiger partial charge is 0.497 e.